The Bertz CT molecular complexity index is 766. The summed E-state index contributed by atoms with van der Waals surface area (Å²) >= 11 is 0. The van der Waals surface area contributed by atoms with Gasteiger partial charge in [-0.05, 0) is 37.8 Å². The highest BCUT2D eigenvalue weighted by molar-refractivity contribution is 7.88. The number of piperidine rings is 1. The van der Waals surface area contributed by atoms with E-state index >= 15 is 0 Å². The molecule has 1 aliphatic heterocycles. The number of benzene rings is 1. The first-order chi connectivity index (χ1) is 13.3. The largest absolute Gasteiger partial charge is 0.489 e. The Balaban J connectivity index is 1.76. The number of hydrogen-bond acceptors (Lipinski definition) is 4. The van der Waals surface area contributed by atoms with Crippen molar-refractivity contribution in [2.45, 2.75) is 19.8 Å². The van der Waals surface area contributed by atoms with Gasteiger partial charge in [-0.3, -0.25) is 4.99 Å². The first kappa shape index (κ1) is 22.4. The van der Waals surface area contributed by atoms with Gasteiger partial charge in [0.1, 0.15) is 12.4 Å². The smallest absolute Gasteiger partial charge is 0.211 e. The number of nitrogens with zero attached hydrogens (tertiary/aromatic N) is 2. The molecule has 1 aliphatic rings. The second-order valence-electron chi connectivity index (χ2n) is 6.68. The third-order valence-electron chi connectivity index (χ3n) is 4.44. The second kappa shape index (κ2) is 10.6. The van der Waals surface area contributed by atoms with Crippen LogP contribution in [-0.4, -0.2) is 64.3 Å². The van der Waals surface area contributed by atoms with Crippen LogP contribution in [-0.2, 0) is 10.0 Å². The quantitative estimate of drug-likeness (QED) is 0.380. The molecule has 0 aliphatic carbocycles. The minimum absolute atomic E-state index is 0.00257. The van der Waals surface area contributed by atoms with Crippen LogP contribution in [0.5, 0.6) is 5.75 Å². The Morgan fingerprint density at radius 2 is 2.00 bits per heavy atom. The molecule has 2 rings (SSSR count). The first-order valence-corrected chi connectivity index (χ1v) is 11.2. The second-order valence-corrected chi connectivity index (χ2v) is 8.66. The Hall–Kier alpha value is -1.94. The summed E-state index contributed by atoms with van der Waals surface area (Å²) in [6, 6.07) is 3.18. The van der Waals surface area contributed by atoms with Gasteiger partial charge >= 0.3 is 0 Å². The van der Waals surface area contributed by atoms with E-state index in [1.54, 1.807) is 0 Å². The molecule has 1 heterocycles. The molecule has 158 valence electrons. The van der Waals surface area contributed by atoms with Gasteiger partial charge in [-0.2, -0.15) is 0 Å². The number of hydrogen-bond donors (Lipinski definition) is 2. The monoisotopic (exact) mass is 418 g/mol. The predicted octanol–water partition coefficient (Wildman–Crippen LogP) is 1.57. The van der Waals surface area contributed by atoms with Crippen LogP contribution in [0, 0.1) is 17.6 Å². The van der Waals surface area contributed by atoms with Crippen LogP contribution in [0.15, 0.2) is 23.2 Å². The zero-order valence-electron chi connectivity index (χ0n) is 16.2. The molecule has 28 heavy (non-hydrogen) atoms. The van der Waals surface area contributed by atoms with E-state index in [-0.39, 0.29) is 12.4 Å². The molecule has 1 aromatic rings. The maximum absolute atomic E-state index is 13.5. The van der Waals surface area contributed by atoms with E-state index in [1.165, 1.54) is 16.6 Å². The fraction of sp³-hybridized carbons (Fsp3) is 0.611. The number of ether oxygens (including phenoxy) is 1. The van der Waals surface area contributed by atoms with E-state index < -0.39 is 21.7 Å². The molecule has 1 fully saturated rings. The zero-order chi connectivity index (χ0) is 20.6. The van der Waals surface area contributed by atoms with Gasteiger partial charge in [0.05, 0.1) is 12.8 Å². The van der Waals surface area contributed by atoms with Crippen molar-refractivity contribution in [3.05, 3.63) is 29.8 Å². The highest BCUT2D eigenvalue weighted by Gasteiger charge is 2.24. The molecule has 2 N–H and O–H groups in total. The van der Waals surface area contributed by atoms with Crippen LogP contribution in [0.3, 0.4) is 0 Å². The molecule has 0 bridgehead atoms. The first-order valence-electron chi connectivity index (χ1n) is 9.34. The van der Waals surface area contributed by atoms with Gasteiger partial charge in [0.25, 0.3) is 0 Å². The van der Waals surface area contributed by atoms with Crippen molar-refractivity contribution in [3.8, 4) is 5.75 Å². The third kappa shape index (κ3) is 7.23. The van der Waals surface area contributed by atoms with E-state index in [4.69, 9.17) is 4.74 Å². The lowest BCUT2D eigenvalue weighted by atomic mass is 9.98. The summed E-state index contributed by atoms with van der Waals surface area (Å²) in [7, 11) is -3.12. The summed E-state index contributed by atoms with van der Waals surface area (Å²) in [6.07, 6.45) is 2.80. The van der Waals surface area contributed by atoms with Crippen molar-refractivity contribution in [2.24, 2.45) is 10.9 Å². The molecule has 0 aromatic heterocycles. The summed E-state index contributed by atoms with van der Waals surface area (Å²) in [4.78, 5) is 4.55. The standard InChI is InChI=1S/C18H28F2N4O3S/c1-3-21-18(22-8-11-27-17-5-4-15(19)12-16(17)20)23-13-14-6-9-24(10-7-14)28(2,25)26/h4-5,12,14H,3,6-11,13H2,1-2H3,(H2,21,22,23). The van der Waals surface area contributed by atoms with Crippen LogP contribution >= 0.6 is 0 Å². The summed E-state index contributed by atoms with van der Waals surface area (Å²) in [6.45, 7) is 4.88. The van der Waals surface area contributed by atoms with Gasteiger partial charge < -0.3 is 15.4 Å². The number of guanidine groups is 1. The summed E-state index contributed by atoms with van der Waals surface area (Å²) < 4.78 is 56.3. The molecular formula is C18H28F2N4O3S. The lowest BCUT2D eigenvalue weighted by Crippen LogP contribution is -2.41. The van der Waals surface area contributed by atoms with Crippen LogP contribution < -0.4 is 15.4 Å². The molecule has 0 saturated carbocycles. The molecule has 0 spiro atoms. The maximum atomic E-state index is 13.5. The maximum Gasteiger partial charge on any atom is 0.211 e. The number of sulfonamides is 1. The topological polar surface area (TPSA) is 83.0 Å². The number of halogens is 2. The Morgan fingerprint density at radius 3 is 2.61 bits per heavy atom. The molecule has 1 saturated heterocycles. The fourth-order valence-corrected chi connectivity index (χ4v) is 3.78. The predicted molar refractivity (Wildman–Crippen MR) is 105 cm³/mol. The van der Waals surface area contributed by atoms with Crippen LogP contribution in [0.4, 0.5) is 8.78 Å². The zero-order valence-corrected chi connectivity index (χ0v) is 17.1. The molecule has 0 atom stereocenters. The lowest BCUT2D eigenvalue weighted by molar-refractivity contribution is 0.280. The van der Waals surface area contributed by atoms with Gasteiger partial charge in [-0.15, -0.1) is 0 Å². The number of aliphatic imine (C=N–C) groups is 1. The van der Waals surface area contributed by atoms with E-state index in [0.29, 0.717) is 44.6 Å². The highest BCUT2D eigenvalue weighted by Crippen LogP contribution is 2.19. The van der Waals surface area contributed by atoms with Crippen LogP contribution in [0.1, 0.15) is 19.8 Å². The van der Waals surface area contributed by atoms with Crippen molar-refractivity contribution in [1.29, 1.82) is 0 Å². The molecule has 1 aromatic carbocycles. The summed E-state index contributed by atoms with van der Waals surface area (Å²) in [5.74, 6) is -0.426. The van der Waals surface area contributed by atoms with E-state index in [2.05, 4.69) is 15.6 Å². The summed E-state index contributed by atoms with van der Waals surface area (Å²) in [5, 5.41) is 6.23. The van der Waals surface area contributed by atoms with Gasteiger partial charge in [0.15, 0.2) is 17.5 Å². The molecule has 7 nitrogen and oxygen atoms in total. The van der Waals surface area contributed by atoms with Crippen LogP contribution in [0.2, 0.25) is 0 Å². The van der Waals surface area contributed by atoms with E-state index in [1.807, 2.05) is 6.92 Å². The highest BCUT2D eigenvalue weighted by atomic mass is 32.2. The fourth-order valence-electron chi connectivity index (χ4n) is 2.91. The van der Waals surface area contributed by atoms with Crippen molar-refractivity contribution in [2.75, 3.05) is 45.6 Å². The summed E-state index contributed by atoms with van der Waals surface area (Å²) in [5.41, 5.74) is 0. The SMILES string of the molecule is CCNC(=NCC1CCN(S(C)(=O)=O)CC1)NCCOc1ccc(F)cc1F. The van der Waals surface area contributed by atoms with E-state index in [0.717, 1.165) is 25.0 Å². The average molecular weight is 419 g/mol. The molecule has 0 amide bonds. The minimum Gasteiger partial charge on any atom is -0.489 e. The molecule has 0 unspecified atom stereocenters. The van der Waals surface area contributed by atoms with Gasteiger partial charge in [0, 0.05) is 32.2 Å². The van der Waals surface area contributed by atoms with Gasteiger partial charge in [-0.25, -0.2) is 21.5 Å². The van der Waals surface area contributed by atoms with Crippen molar-refractivity contribution in [1.82, 2.24) is 14.9 Å². The van der Waals surface area contributed by atoms with Gasteiger partial charge in [-0.1, -0.05) is 0 Å². The average Bonchev–Trinajstić information content (AvgIpc) is 2.64. The Labute approximate surface area is 165 Å². The number of nitrogens with one attached hydrogen (secondary N) is 2. The molecule has 10 heteroatoms. The Kier molecular flexibility index (Phi) is 8.43. The molecular weight excluding hydrogens is 390 g/mol. The van der Waals surface area contributed by atoms with Crippen LogP contribution in [0.25, 0.3) is 0 Å². The van der Waals surface area contributed by atoms with Crippen molar-refractivity contribution >= 4 is 16.0 Å². The van der Waals surface area contributed by atoms with E-state index in [9.17, 15) is 17.2 Å². The minimum atomic E-state index is -3.12. The normalized spacial score (nSPS) is 16.8. The van der Waals surface area contributed by atoms with Crippen molar-refractivity contribution in [3.63, 3.8) is 0 Å². The Morgan fingerprint density at radius 1 is 1.29 bits per heavy atom. The van der Waals surface area contributed by atoms with Gasteiger partial charge in [0.2, 0.25) is 10.0 Å². The molecule has 0 radical (unpaired) electrons. The number of rotatable bonds is 8. The van der Waals surface area contributed by atoms with Crippen molar-refractivity contribution < 1.29 is 21.9 Å². The third-order valence-corrected chi connectivity index (χ3v) is 5.74. The lowest BCUT2D eigenvalue weighted by Gasteiger charge is -2.29.